The number of carbonyl (C=O) groups is 1. The standard InChI is InChI=1S/C31H27F3N6O4/c1-19-26(28(42)44-2)27(40-29(36-37-30(40)43)39(19)24-9-3-8-23(15-24)31(32,33)34)25-11-10-20(16-35)14-22(25)7-5-13-38-12-4-6-21(17-38)18-41/h3-4,6,8-12,14-15,17,27,41H,5,7,13,18H2,1-2H3/p+1/t27-/m1/s1. The summed E-state index contributed by atoms with van der Waals surface area (Å²) in [6, 6.07) is 14.1. The molecule has 10 nitrogen and oxygen atoms in total. The lowest BCUT2D eigenvalue weighted by molar-refractivity contribution is -0.697. The molecule has 2 aromatic heterocycles. The van der Waals surface area contributed by atoms with Crippen molar-refractivity contribution in [3.05, 3.63) is 117 Å². The van der Waals surface area contributed by atoms with Crippen molar-refractivity contribution in [2.75, 3.05) is 12.0 Å². The van der Waals surface area contributed by atoms with Crippen molar-refractivity contribution >= 4 is 17.6 Å². The zero-order valence-electron chi connectivity index (χ0n) is 23.8. The van der Waals surface area contributed by atoms with Crippen LogP contribution in [0.4, 0.5) is 24.8 Å². The Hall–Kier alpha value is -5.22. The number of aliphatic hydroxyl groups excluding tert-OH is 1. The zero-order chi connectivity index (χ0) is 31.6. The Kier molecular flexibility index (Phi) is 8.37. The number of nitriles is 1. The number of nitrogens with zero attached hydrogens (tertiary/aromatic N) is 5. The molecule has 226 valence electrons. The first kappa shape index (κ1) is 30.2. The number of rotatable bonds is 8. The van der Waals surface area contributed by atoms with Gasteiger partial charge in [0.15, 0.2) is 12.4 Å². The molecule has 5 rings (SSSR count). The summed E-state index contributed by atoms with van der Waals surface area (Å²) in [6.07, 6.45) is 0.124. The third kappa shape index (κ3) is 5.71. The minimum atomic E-state index is -4.63. The highest BCUT2D eigenvalue weighted by Gasteiger charge is 2.41. The Balaban J connectivity index is 1.64. The fraction of sp³-hybridized carbons (Fsp3) is 0.258. The molecule has 3 heterocycles. The number of alkyl halides is 3. The van der Waals surface area contributed by atoms with Crippen LogP contribution >= 0.6 is 0 Å². The van der Waals surface area contributed by atoms with E-state index >= 15 is 0 Å². The van der Waals surface area contributed by atoms with Crippen LogP contribution in [0.2, 0.25) is 0 Å². The van der Waals surface area contributed by atoms with Crippen molar-refractivity contribution in [2.45, 2.75) is 45.1 Å². The SMILES string of the molecule is COC(=O)C1=C(C)N(c2cccc(C(F)(F)F)c2)c2n[nH]c(=O)n2[C@@H]1c1ccc(C#N)cc1CCC[n+]1cccc(CO)c1. The highest BCUT2D eigenvalue weighted by molar-refractivity contribution is 5.93. The van der Waals surface area contributed by atoms with E-state index in [2.05, 4.69) is 16.3 Å². The van der Waals surface area contributed by atoms with Crippen LogP contribution in [0, 0.1) is 11.3 Å². The van der Waals surface area contributed by atoms with Crippen molar-refractivity contribution in [1.82, 2.24) is 14.8 Å². The molecule has 13 heteroatoms. The van der Waals surface area contributed by atoms with Crippen molar-refractivity contribution in [3.63, 3.8) is 0 Å². The minimum absolute atomic E-state index is 0.0174. The summed E-state index contributed by atoms with van der Waals surface area (Å²) in [6.45, 7) is 2.03. The average Bonchev–Trinajstić information content (AvgIpc) is 3.40. The Morgan fingerprint density at radius 3 is 2.70 bits per heavy atom. The number of aromatic nitrogens is 4. The smallest absolute Gasteiger partial charge is 0.416 e. The van der Waals surface area contributed by atoms with Crippen LogP contribution in [-0.4, -0.2) is 33.0 Å². The number of esters is 1. The number of nitrogens with one attached hydrogen (secondary N) is 1. The number of aromatic amines is 1. The summed E-state index contributed by atoms with van der Waals surface area (Å²) in [7, 11) is 1.18. The third-order valence-electron chi connectivity index (χ3n) is 7.51. The lowest BCUT2D eigenvalue weighted by atomic mass is 9.88. The quantitative estimate of drug-likeness (QED) is 0.229. The number of carbonyl (C=O) groups excluding carboxylic acids is 1. The Morgan fingerprint density at radius 1 is 1.20 bits per heavy atom. The number of aliphatic hydroxyl groups is 1. The van der Waals surface area contributed by atoms with Crippen molar-refractivity contribution < 1.29 is 32.4 Å². The van der Waals surface area contributed by atoms with Crippen LogP contribution in [0.5, 0.6) is 0 Å². The van der Waals surface area contributed by atoms with E-state index in [1.54, 1.807) is 31.2 Å². The van der Waals surface area contributed by atoms with Gasteiger partial charge in [-0.05, 0) is 60.9 Å². The van der Waals surface area contributed by atoms with Crippen molar-refractivity contribution in [1.29, 1.82) is 5.26 Å². The topological polar surface area (TPSA) is 128 Å². The fourth-order valence-corrected chi connectivity index (χ4v) is 5.50. The number of hydrogen-bond donors (Lipinski definition) is 2. The molecule has 44 heavy (non-hydrogen) atoms. The zero-order valence-corrected chi connectivity index (χ0v) is 23.8. The molecule has 1 atom stereocenters. The van der Waals surface area contributed by atoms with Crippen LogP contribution in [0.1, 0.15) is 47.2 Å². The predicted molar refractivity (Wildman–Crippen MR) is 151 cm³/mol. The molecular weight excluding hydrogens is 577 g/mol. The summed E-state index contributed by atoms with van der Waals surface area (Å²) in [4.78, 5) is 28.0. The average molecular weight is 606 g/mol. The molecule has 0 spiro atoms. The number of benzene rings is 2. The van der Waals surface area contributed by atoms with Gasteiger partial charge >= 0.3 is 17.8 Å². The summed E-state index contributed by atoms with van der Waals surface area (Å²) in [5.41, 5.74) is 1.03. The maximum absolute atomic E-state index is 13.6. The van der Waals surface area contributed by atoms with Crippen molar-refractivity contribution in [2.24, 2.45) is 0 Å². The molecule has 2 aromatic carbocycles. The van der Waals surface area contributed by atoms with Gasteiger partial charge in [0.05, 0.1) is 36.5 Å². The van der Waals surface area contributed by atoms with Crippen molar-refractivity contribution in [3.8, 4) is 6.07 Å². The maximum Gasteiger partial charge on any atom is 0.416 e. The predicted octanol–water partition coefficient (Wildman–Crippen LogP) is 4.06. The highest BCUT2D eigenvalue weighted by atomic mass is 19.4. The molecule has 0 aliphatic carbocycles. The van der Waals surface area contributed by atoms with Gasteiger partial charge in [-0.25, -0.2) is 23.8 Å². The normalized spacial score (nSPS) is 14.8. The van der Waals surface area contributed by atoms with E-state index in [1.807, 2.05) is 23.0 Å². The summed E-state index contributed by atoms with van der Waals surface area (Å²) < 4.78 is 49.1. The van der Waals surface area contributed by atoms with Gasteiger partial charge in [-0.3, -0.25) is 4.90 Å². The maximum atomic E-state index is 13.6. The number of anilines is 2. The first-order valence-electron chi connectivity index (χ1n) is 13.6. The number of aryl methyl sites for hydroxylation is 2. The van der Waals surface area contributed by atoms with Gasteiger partial charge in [0.1, 0.15) is 12.6 Å². The number of fused-ring (bicyclic) bond motifs is 1. The molecule has 0 fully saturated rings. The van der Waals surface area contributed by atoms with Gasteiger partial charge in [-0.1, -0.05) is 12.1 Å². The molecule has 0 amide bonds. The molecule has 0 bridgehead atoms. The lowest BCUT2D eigenvalue weighted by Gasteiger charge is -2.36. The first-order chi connectivity index (χ1) is 21.1. The number of halogens is 3. The van der Waals surface area contributed by atoms with E-state index in [0.29, 0.717) is 36.1 Å². The Morgan fingerprint density at radius 2 is 2.00 bits per heavy atom. The number of H-pyrrole nitrogens is 1. The number of methoxy groups -OCH3 is 1. The van der Waals surface area contributed by atoms with Gasteiger partial charge in [0.25, 0.3) is 0 Å². The fourth-order valence-electron chi connectivity index (χ4n) is 5.50. The van der Waals surface area contributed by atoms with Crippen LogP contribution in [0.3, 0.4) is 0 Å². The molecule has 2 N–H and O–H groups in total. The molecule has 4 aromatic rings. The van der Waals surface area contributed by atoms with Crippen LogP contribution in [0.25, 0.3) is 0 Å². The monoisotopic (exact) mass is 605 g/mol. The van der Waals surface area contributed by atoms with E-state index in [9.17, 15) is 33.1 Å². The molecule has 0 saturated carbocycles. The molecule has 1 aliphatic heterocycles. The molecule has 0 unspecified atom stereocenters. The van der Waals surface area contributed by atoms with E-state index in [1.165, 1.54) is 28.7 Å². The summed E-state index contributed by atoms with van der Waals surface area (Å²) in [5.74, 6) is -0.800. The second-order valence-electron chi connectivity index (χ2n) is 10.2. The second kappa shape index (κ2) is 12.2. The third-order valence-corrected chi connectivity index (χ3v) is 7.51. The van der Waals surface area contributed by atoms with E-state index < -0.39 is 29.4 Å². The van der Waals surface area contributed by atoms with E-state index in [4.69, 9.17) is 4.74 Å². The van der Waals surface area contributed by atoms with Gasteiger partial charge < -0.3 is 9.84 Å². The van der Waals surface area contributed by atoms with Gasteiger partial charge in [0, 0.05) is 29.4 Å². The first-order valence-corrected chi connectivity index (χ1v) is 13.6. The number of hydrogen-bond acceptors (Lipinski definition) is 7. The molecule has 0 radical (unpaired) electrons. The van der Waals surface area contributed by atoms with Gasteiger partial charge in [-0.15, -0.1) is 5.10 Å². The van der Waals surface area contributed by atoms with Gasteiger partial charge in [-0.2, -0.15) is 18.4 Å². The Labute approximate surface area is 249 Å². The highest BCUT2D eigenvalue weighted by Crippen LogP contribution is 2.43. The van der Waals surface area contributed by atoms with E-state index in [0.717, 1.165) is 17.7 Å². The van der Waals surface area contributed by atoms with Crippen LogP contribution < -0.4 is 15.2 Å². The Bertz CT molecular complexity index is 1850. The molecule has 1 aliphatic rings. The largest absolute Gasteiger partial charge is 0.466 e. The summed E-state index contributed by atoms with van der Waals surface area (Å²) in [5, 5.41) is 25.6. The van der Waals surface area contributed by atoms with Crippen LogP contribution in [-0.2, 0) is 35.3 Å². The van der Waals surface area contributed by atoms with Crippen LogP contribution in [0.15, 0.2) is 83.1 Å². The number of ether oxygens (including phenoxy) is 1. The molecular formula is C31H28F3N6O4+. The molecule has 0 saturated heterocycles. The lowest BCUT2D eigenvalue weighted by Crippen LogP contribution is -2.38. The number of allylic oxidation sites excluding steroid dienone is 1. The second-order valence-corrected chi connectivity index (χ2v) is 10.2. The van der Waals surface area contributed by atoms with E-state index in [-0.39, 0.29) is 29.5 Å². The van der Waals surface area contributed by atoms with Gasteiger partial charge in [0.2, 0.25) is 5.95 Å². The number of pyridine rings is 1. The summed E-state index contributed by atoms with van der Waals surface area (Å²) >= 11 is 0. The minimum Gasteiger partial charge on any atom is -0.466 e.